The van der Waals surface area contributed by atoms with Crippen LogP contribution in [0, 0.1) is 5.92 Å². The monoisotopic (exact) mass is 385 g/mol. The number of anilines is 2. The van der Waals surface area contributed by atoms with Gasteiger partial charge in [0.1, 0.15) is 5.82 Å². The summed E-state index contributed by atoms with van der Waals surface area (Å²) in [5.74, 6) is 1.37. The third-order valence-electron chi connectivity index (χ3n) is 5.46. The summed E-state index contributed by atoms with van der Waals surface area (Å²) in [6.07, 6.45) is 4.02. The summed E-state index contributed by atoms with van der Waals surface area (Å²) in [6.45, 7) is 16.1. The Hall–Kier alpha value is -1.75. The summed E-state index contributed by atoms with van der Waals surface area (Å²) in [6, 6.07) is 3.80. The van der Waals surface area contributed by atoms with E-state index in [0.29, 0.717) is 11.5 Å². The minimum atomic E-state index is 0.0395. The molecule has 2 aromatic heterocycles. The van der Waals surface area contributed by atoms with Gasteiger partial charge in [0.2, 0.25) is 0 Å². The van der Waals surface area contributed by atoms with Crippen molar-refractivity contribution >= 4 is 28.1 Å². The molecule has 1 aliphatic carbocycles. The first-order chi connectivity index (χ1) is 12.5. The second-order valence-electron chi connectivity index (χ2n) is 9.41. The molecule has 0 fully saturated rings. The van der Waals surface area contributed by atoms with Crippen molar-refractivity contribution in [1.82, 2.24) is 9.97 Å². The molecule has 2 aromatic rings. The van der Waals surface area contributed by atoms with Crippen LogP contribution in [0.3, 0.4) is 0 Å². The maximum Gasteiger partial charge on any atom is 0.191 e. The molecule has 27 heavy (non-hydrogen) atoms. The molecule has 0 saturated heterocycles. The molecule has 0 spiro atoms. The Morgan fingerprint density at radius 1 is 1.19 bits per heavy atom. The number of aromatic nitrogens is 2. The molecule has 2 heterocycles. The number of carbonyl (C=O) groups is 1. The highest BCUT2D eigenvalue weighted by molar-refractivity contribution is 7.16. The third kappa shape index (κ3) is 3.93. The Kier molecular flexibility index (Phi) is 5.19. The number of hydrogen-bond acceptors (Lipinski definition) is 5. The Morgan fingerprint density at radius 3 is 2.37 bits per heavy atom. The van der Waals surface area contributed by atoms with E-state index in [2.05, 4.69) is 51.4 Å². The lowest BCUT2D eigenvalue weighted by molar-refractivity contribution is 0.101. The molecular formula is C22H31N3OS. The summed E-state index contributed by atoms with van der Waals surface area (Å²) in [4.78, 5) is 24.9. The topological polar surface area (TPSA) is 46.1 Å². The first-order valence-corrected chi connectivity index (χ1v) is 10.6. The van der Waals surface area contributed by atoms with E-state index in [4.69, 9.17) is 4.98 Å². The van der Waals surface area contributed by atoms with E-state index in [1.54, 1.807) is 13.1 Å². The summed E-state index contributed by atoms with van der Waals surface area (Å²) in [5.41, 5.74) is 2.15. The van der Waals surface area contributed by atoms with Gasteiger partial charge in [-0.15, -0.1) is 11.3 Å². The van der Waals surface area contributed by atoms with Crippen molar-refractivity contribution in [1.29, 1.82) is 0 Å². The van der Waals surface area contributed by atoms with E-state index in [9.17, 15) is 4.79 Å². The predicted octanol–water partition coefficient (Wildman–Crippen LogP) is 5.88. The number of pyridine rings is 1. The van der Waals surface area contributed by atoms with Gasteiger partial charge in [0.15, 0.2) is 10.9 Å². The van der Waals surface area contributed by atoms with E-state index in [1.165, 1.54) is 17.0 Å². The van der Waals surface area contributed by atoms with Crippen LogP contribution < -0.4 is 4.90 Å². The predicted molar refractivity (Wildman–Crippen MR) is 113 cm³/mol. The van der Waals surface area contributed by atoms with Crippen LogP contribution >= 0.6 is 11.3 Å². The van der Waals surface area contributed by atoms with Crippen LogP contribution in [0.1, 0.15) is 82.2 Å². The molecule has 0 radical (unpaired) electrons. The van der Waals surface area contributed by atoms with Gasteiger partial charge >= 0.3 is 0 Å². The Labute approximate surface area is 167 Å². The van der Waals surface area contributed by atoms with Gasteiger partial charge in [-0.3, -0.25) is 4.79 Å². The summed E-state index contributed by atoms with van der Waals surface area (Å²) in [5, 5.41) is 1.01. The van der Waals surface area contributed by atoms with Crippen LogP contribution in [-0.2, 0) is 10.8 Å². The number of hydrogen-bond donors (Lipinski definition) is 0. The van der Waals surface area contributed by atoms with Crippen molar-refractivity contribution in [3.8, 4) is 0 Å². The zero-order valence-corrected chi connectivity index (χ0v) is 18.4. The number of Topliss-reactive ketones (excluding diaryl/α,β-unsaturated/α-hetero) is 1. The molecule has 0 atom stereocenters. The van der Waals surface area contributed by atoms with Gasteiger partial charge in [-0.05, 0) is 37.8 Å². The molecule has 0 saturated carbocycles. The van der Waals surface area contributed by atoms with Crippen molar-refractivity contribution < 1.29 is 4.79 Å². The highest BCUT2D eigenvalue weighted by Gasteiger charge is 2.41. The van der Waals surface area contributed by atoms with Crippen molar-refractivity contribution in [2.24, 2.45) is 5.92 Å². The lowest BCUT2D eigenvalue weighted by Gasteiger charge is -2.37. The van der Waals surface area contributed by atoms with Gasteiger partial charge < -0.3 is 4.90 Å². The zero-order valence-electron chi connectivity index (χ0n) is 17.6. The first-order valence-electron chi connectivity index (χ1n) is 9.77. The maximum absolute atomic E-state index is 11.6. The lowest BCUT2D eigenvalue weighted by Crippen LogP contribution is -2.32. The lowest BCUT2D eigenvalue weighted by atomic mass is 9.69. The highest BCUT2D eigenvalue weighted by Crippen LogP contribution is 2.50. The van der Waals surface area contributed by atoms with E-state index >= 15 is 0 Å². The third-order valence-corrected chi connectivity index (χ3v) is 6.90. The molecule has 0 amide bonds. The van der Waals surface area contributed by atoms with E-state index in [1.807, 2.05) is 23.5 Å². The Balaban J connectivity index is 2.06. The van der Waals surface area contributed by atoms with Crippen molar-refractivity contribution in [3.05, 3.63) is 34.5 Å². The molecular weight excluding hydrogens is 354 g/mol. The van der Waals surface area contributed by atoms with Crippen LogP contribution in [0.15, 0.2) is 18.3 Å². The normalized spacial score (nSPS) is 17.6. The molecule has 5 heteroatoms. The smallest absolute Gasteiger partial charge is 0.191 e. The van der Waals surface area contributed by atoms with Crippen LogP contribution in [0.2, 0.25) is 0 Å². The summed E-state index contributed by atoms with van der Waals surface area (Å²) >= 11 is 1.81. The van der Waals surface area contributed by atoms with Gasteiger partial charge in [-0.1, -0.05) is 41.5 Å². The number of rotatable bonds is 5. The number of nitrogens with zero attached hydrogens (tertiary/aromatic N) is 3. The number of fused-ring (bicyclic) bond motifs is 1. The SMILES string of the molecule is CC(=O)c1ccc(N(CC(C)C)c2nc3c(s2)C(C)(C)CCC3(C)C)nc1. The maximum atomic E-state index is 11.6. The van der Waals surface area contributed by atoms with Crippen molar-refractivity contribution in [2.75, 3.05) is 11.4 Å². The largest absolute Gasteiger partial charge is 0.302 e. The minimum Gasteiger partial charge on any atom is -0.302 e. The summed E-state index contributed by atoms with van der Waals surface area (Å²) < 4.78 is 0. The van der Waals surface area contributed by atoms with Gasteiger partial charge in [-0.25, -0.2) is 9.97 Å². The average Bonchev–Trinajstić information content (AvgIpc) is 3.05. The van der Waals surface area contributed by atoms with Gasteiger partial charge in [0, 0.05) is 34.0 Å². The van der Waals surface area contributed by atoms with E-state index in [-0.39, 0.29) is 16.6 Å². The molecule has 146 valence electrons. The molecule has 0 N–H and O–H groups in total. The number of thiazole rings is 1. The molecule has 0 unspecified atom stereocenters. The quantitative estimate of drug-likeness (QED) is 0.603. The van der Waals surface area contributed by atoms with Crippen LogP contribution in [-0.4, -0.2) is 22.3 Å². The number of carbonyl (C=O) groups excluding carboxylic acids is 1. The fourth-order valence-corrected chi connectivity index (χ4v) is 4.98. The van der Waals surface area contributed by atoms with Crippen molar-refractivity contribution in [2.45, 2.75) is 72.1 Å². The second-order valence-corrected chi connectivity index (χ2v) is 10.4. The zero-order chi connectivity index (χ0) is 20.0. The van der Waals surface area contributed by atoms with Gasteiger partial charge in [-0.2, -0.15) is 0 Å². The Bertz CT molecular complexity index is 800. The molecule has 0 aliphatic heterocycles. The average molecular weight is 386 g/mol. The fraction of sp³-hybridized carbons (Fsp3) is 0.591. The standard InChI is InChI=1S/C22H31N3OS/c1-14(2)13-25(17-9-8-16(12-23-17)15(3)26)20-24-18-19(27-20)22(6,7)11-10-21(18,4)5/h8-9,12,14H,10-11,13H2,1-7H3. The van der Waals surface area contributed by atoms with Crippen LogP contribution in [0.5, 0.6) is 0 Å². The van der Waals surface area contributed by atoms with Crippen molar-refractivity contribution in [3.63, 3.8) is 0 Å². The molecule has 4 nitrogen and oxygen atoms in total. The minimum absolute atomic E-state index is 0.0395. The Morgan fingerprint density at radius 2 is 1.85 bits per heavy atom. The first kappa shape index (κ1) is 20.0. The van der Waals surface area contributed by atoms with Crippen LogP contribution in [0.25, 0.3) is 0 Å². The molecule has 0 aromatic carbocycles. The van der Waals surface area contributed by atoms with E-state index in [0.717, 1.165) is 23.9 Å². The molecule has 3 rings (SSSR count). The number of ketones is 1. The molecule has 0 bridgehead atoms. The highest BCUT2D eigenvalue weighted by atomic mass is 32.1. The second kappa shape index (κ2) is 7.01. The van der Waals surface area contributed by atoms with Crippen LogP contribution in [0.4, 0.5) is 10.9 Å². The van der Waals surface area contributed by atoms with Gasteiger partial charge in [0.25, 0.3) is 0 Å². The van der Waals surface area contributed by atoms with E-state index < -0.39 is 0 Å². The fourth-order valence-electron chi connectivity index (χ4n) is 3.59. The summed E-state index contributed by atoms with van der Waals surface area (Å²) in [7, 11) is 0. The molecule has 1 aliphatic rings. The van der Waals surface area contributed by atoms with Gasteiger partial charge in [0.05, 0.1) is 5.69 Å².